The highest BCUT2D eigenvalue weighted by atomic mass is 35.7. The maximum atomic E-state index is 11.6. The molecule has 112 valence electrons. The topological polar surface area (TPSA) is 68.1 Å². The van der Waals surface area contributed by atoms with Crippen LogP contribution in [0.2, 0.25) is 0 Å². The van der Waals surface area contributed by atoms with Gasteiger partial charge in [0.1, 0.15) is 0 Å². The first-order valence-electron chi connectivity index (χ1n) is 6.55. The first kappa shape index (κ1) is 14.3. The minimum absolute atomic E-state index is 0.113. The third-order valence-corrected chi connectivity index (χ3v) is 4.54. The molecule has 0 saturated heterocycles. The fourth-order valence-electron chi connectivity index (χ4n) is 2.23. The minimum Gasteiger partial charge on any atom is -0.378 e. The molecule has 0 aliphatic heterocycles. The Bertz CT molecular complexity index is 781. The zero-order valence-corrected chi connectivity index (χ0v) is 13.3. The summed E-state index contributed by atoms with van der Waals surface area (Å²) in [6.45, 7) is 0. The molecule has 0 unspecified atom stereocenters. The van der Waals surface area contributed by atoms with Crippen molar-refractivity contribution < 1.29 is 8.42 Å². The summed E-state index contributed by atoms with van der Waals surface area (Å²) < 4.78 is 24.9. The third-order valence-electron chi connectivity index (χ3n) is 3.42. The molecule has 6 nitrogen and oxygen atoms in total. The van der Waals surface area contributed by atoms with Crippen molar-refractivity contribution in [1.82, 2.24) is 14.8 Å². The summed E-state index contributed by atoms with van der Waals surface area (Å²) in [4.78, 5) is 1.97. The van der Waals surface area contributed by atoms with Crippen LogP contribution in [-0.4, -0.2) is 37.3 Å². The second kappa shape index (κ2) is 4.99. The van der Waals surface area contributed by atoms with E-state index in [-0.39, 0.29) is 11.2 Å². The average Bonchev–Trinajstić information content (AvgIpc) is 3.15. The van der Waals surface area contributed by atoms with Crippen molar-refractivity contribution >= 4 is 25.4 Å². The van der Waals surface area contributed by atoms with Crippen molar-refractivity contribution in [2.24, 2.45) is 0 Å². The molecule has 1 fully saturated rings. The van der Waals surface area contributed by atoms with Crippen LogP contribution in [0.15, 0.2) is 29.4 Å². The molecule has 1 aliphatic carbocycles. The predicted molar refractivity (Wildman–Crippen MR) is 81.1 cm³/mol. The molecule has 1 aromatic carbocycles. The molecule has 0 amide bonds. The maximum absolute atomic E-state index is 11.6. The third kappa shape index (κ3) is 2.75. The van der Waals surface area contributed by atoms with Gasteiger partial charge in [0.25, 0.3) is 14.2 Å². The Morgan fingerprint density at radius 1 is 1.29 bits per heavy atom. The zero-order valence-electron chi connectivity index (χ0n) is 11.7. The molecule has 1 saturated carbocycles. The van der Waals surface area contributed by atoms with Crippen molar-refractivity contribution in [3.8, 4) is 11.4 Å². The molecule has 0 spiro atoms. The van der Waals surface area contributed by atoms with Gasteiger partial charge in [-0.25, -0.2) is 8.42 Å². The lowest BCUT2D eigenvalue weighted by Gasteiger charge is -2.14. The van der Waals surface area contributed by atoms with E-state index in [1.165, 1.54) is 0 Å². The lowest BCUT2D eigenvalue weighted by Crippen LogP contribution is -2.09. The van der Waals surface area contributed by atoms with Crippen LogP contribution in [0.1, 0.15) is 18.9 Å². The quantitative estimate of drug-likeness (QED) is 0.806. The van der Waals surface area contributed by atoms with E-state index >= 15 is 0 Å². The summed E-state index contributed by atoms with van der Waals surface area (Å²) in [5.41, 5.74) is 1.83. The van der Waals surface area contributed by atoms with Gasteiger partial charge in [-0.05, 0) is 25.0 Å². The Morgan fingerprint density at radius 2 is 2.00 bits per heavy atom. The smallest absolute Gasteiger partial charge is 0.296 e. The number of aromatic nitrogens is 3. The van der Waals surface area contributed by atoms with Gasteiger partial charge in [0.15, 0.2) is 5.82 Å². The van der Waals surface area contributed by atoms with Crippen molar-refractivity contribution in [2.75, 3.05) is 19.0 Å². The standard InChI is InChI=1S/C13H15ClN4O2S/c1-17(2)11-5-3-4-9(8-11)12-15-16-13(21(14,19)20)18(12)10-6-7-10/h3-5,8,10H,6-7H2,1-2H3. The number of nitrogens with zero attached hydrogens (tertiary/aromatic N) is 4. The largest absolute Gasteiger partial charge is 0.378 e. The molecule has 0 atom stereocenters. The Hall–Kier alpha value is -1.60. The van der Waals surface area contributed by atoms with Gasteiger partial charge in [0.05, 0.1) is 0 Å². The normalized spacial score (nSPS) is 15.2. The number of halogens is 1. The predicted octanol–water partition coefficient (Wildman–Crippen LogP) is 2.27. The first-order chi connectivity index (χ1) is 9.88. The van der Waals surface area contributed by atoms with Gasteiger partial charge in [0.2, 0.25) is 0 Å². The first-order valence-corrected chi connectivity index (χ1v) is 8.86. The van der Waals surface area contributed by atoms with Crippen LogP contribution >= 0.6 is 10.7 Å². The van der Waals surface area contributed by atoms with E-state index in [0.29, 0.717) is 5.82 Å². The monoisotopic (exact) mass is 326 g/mol. The summed E-state index contributed by atoms with van der Waals surface area (Å²) in [7, 11) is 5.45. The number of hydrogen-bond acceptors (Lipinski definition) is 5. The molecule has 0 radical (unpaired) electrons. The lowest BCUT2D eigenvalue weighted by atomic mass is 10.2. The number of anilines is 1. The second-order valence-corrected chi connectivity index (χ2v) is 7.75. The van der Waals surface area contributed by atoms with E-state index in [9.17, 15) is 8.42 Å². The van der Waals surface area contributed by atoms with Gasteiger partial charge in [-0.3, -0.25) is 4.57 Å². The lowest BCUT2D eigenvalue weighted by molar-refractivity contribution is 0.579. The number of hydrogen-bond donors (Lipinski definition) is 0. The van der Waals surface area contributed by atoms with Gasteiger partial charge < -0.3 is 4.90 Å². The van der Waals surface area contributed by atoms with Gasteiger partial charge in [-0.1, -0.05) is 12.1 Å². The summed E-state index contributed by atoms with van der Waals surface area (Å²) in [5.74, 6) is 0.542. The number of benzene rings is 1. The van der Waals surface area contributed by atoms with Crippen molar-refractivity contribution in [3.63, 3.8) is 0 Å². The van der Waals surface area contributed by atoms with Crippen molar-refractivity contribution in [3.05, 3.63) is 24.3 Å². The van der Waals surface area contributed by atoms with E-state index in [4.69, 9.17) is 10.7 Å². The molecular weight excluding hydrogens is 312 g/mol. The Kier molecular flexibility index (Phi) is 3.41. The van der Waals surface area contributed by atoms with Crippen LogP contribution in [0, 0.1) is 0 Å². The van der Waals surface area contributed by atoms with E-state index in [0.717, 1.165) is 24.1 Å². The summed E-state index contributed by atoms with van der Waals surface area (Å²) in [6.07, 6.45) is 1.83. The zero-order chi connectivity index (χ0) is 15.2. The fourth-order valence-corrected chi connectivity index (χ4v) is 3.15. The summed E-state index contributed by atoms with van der Waals surface area (Å²) in [5, 5.41) is 7.65. The van der Waals surface area contributed by atoms with Gasteiger partial charge in [-0.2, -0.15) is 0 Å². The van der Waals surface area contributed by atoms with E-state index < -0.39 is 9.05 Å². The fraction of sp³-hybridized carbons (Fsp3) is 0.385. The van der Waals surface area contributed by atoms with Crippen LogP contribution in [0.5, 0.6) is 0 Å². The van der Waals surface area contributed by atoms with Crippen LogP contribution < -0.4 is 4.90 Å². The van der Waals surface area contributed by atoms with Gasteiger partial charge >= 0.3 is 0 Å². The van der Waals surface area contributed by atoms with E-state index in [2.05, 4.69) is 10.2 Å². The summed E-state index contributed by atoms with van der Waals surface area (Å²) in [6, 6.07) is 7.83. The highest BCUT2D eigenvalue weighted by Gasteiger charge is 2.34. The number of rotatable bonds is 4. The highest BCUT2D eigenvalue weighted by Crippen LogP contribution is 2.40. The van der Waals surface area contributed by atoms with Gasteiger partial charge in [-0.15, -0.1) is 10.2 Å². The molecular formula is C13H15ClN4O2S. The Balaban J connectivity index is 2.15. The molecule has 3 rings (SSSR count). The molecule has 2 aromatic rings. The van der Waals surface area contributed by atoms with Crippen LogP contribution in [0.4, 0.5) is 5.69 Å². The molecule has 0 N–H and O–H groups in total. The molecule has 1 heterocycles. The second-order valence-electron chi connectivity index (χ2n) is 5.29. The van der Waals surface area contributed by atoms with Crippen molar-refractivity contribution in [1.29, 1.82) is 0 Å². The average molecular weight is 327 g/mol. The van der Waals surface area contributed by atoms with Gasteiger partial charge in [0, 0.05) is 42.1 Å². The van der Waals surface area contributed by atoms with Crippen LogP contribution in [-0.2, 0) is 9.05 Å². The van der Waals surface area contributed by atoms with Crippen molar-refractivity contribution in [2.45, 2.75) is 24.0 Å². The minimum atomic E-state index is -3.90. The van der Waals surface area contributed by atoms with E-state index in [1.54, 1.807) is 4.57 Å². The molecule has 8 heteroatoms. The Morgan fingerprint density at radius 3 is 2.57 bits per heavy atom. The highest BCUT2D eigenvalue weighted by molar-refractivity contribution is 8.13. The molecule has 1 aliphatic rings. The summed E-state index contributed by atoms with van der Waals surface area (Å²) >= 11 is 0. The molecule has 0 bridgehead atoms. The SMILES string of the molecule is CN(C)c1cccc(-c2nnc(S(=O)(=O)Cl)n2C2CC2)c1. The van der Waals surface area contributed by atoms with Crippen LogP contribution in [0.3, 0.4) is 0 Å². The van der Waals surface area contributed by atoms with Crippen LogP contribution in [0.25, 0.3) is 11.4 Å². The maximum Gasteiger partial charge on any atom is 0.296 e. The molecule has 1 aromatic heterocycles. The molecule has 21 heavy (non-hydrogen) atoms. The van der Waals surface area contributed by atoms with E-state index in [1.807, 2.05) is 43.3 Å². The Labute approximate surface area is 127 Å².